The third-order valence-electron chi connectivity index (χ3n) is 3.62. The van der Waals surface area contributed by atoms with Crippen molar-refractivity contribution in [2.24, 2.45) is 0 Å². The van der Waals surface area contributed by atoms with Crippen LogP contribution in [0.3, 0.4) is 0 Å². The Morgan fingerprint density at radius 3 is 2.32 bits per heavy atom. The Labute approximate surface area is 127 Å². The van der Waals surface area contributed by atoms with E-state index < -0.39 is 0 Å². The number of hydrogen-bond donors (Lipinski definition) is 0. The van der Waals surface area contributed by atoms with Crippen LogP contribution in [0.4, 0.5) is 0 Å². The first-order chi connectivity index (χ1) is 10.6. The van der Waals surface area contributed by atoms with Crippen LogP contribution in [0.15, 0.2) is 47.5 Å². The van der Waals surface area contributed by atoms with Gasteiger partial charge in [-0.15, -0.1) is 0 Å². The second-order valence-electron chi connectivity index (χ2n) is 4.96. The zero-order valence-corrected chi connectivity index (χ0v) is 12.7. The summed E-state index contributed by atoms with van der Waals surface area (Å²) in [5.74, 6) is 1.44. The van der Waals surface area contributed by atoms with Crippen LogP contribution in [-0.4, -0.2) is 23.8 Å². The van der Waals surface area contributed by atoms with Crippen LogP contribution in [0.1, 0.15) is 5.56 Å². The average Bonchev–Trinajstić information content (AvgIpc) is 2.55. The summed E-state index contributed by atoms with van der Waals surface area (Å²) >= 11 is 0. The van der Waals surface area contributed by atoms with E-state index in [1.54, 1.807) is 20.3 Å². The molecule has 22 heavy (non-hydrogen) atoms. The highest BCUT2D eigenvalue weighted by atomic mass is 16.5. The number of fused-ring (bicyclic) bond motifs is 1. The molecule has 3 rings (SSSR count). The van der Waals surface area contributed by atoms with Gasteiger partial charge in [0.25, 0.3) is 5.56 Å². The van der Waals surface area contributed by atoms with Crippen molar-refractivity contribution in [1.29, 1.82) is 0 Å². The van der Waals surface area contributed by atoms with Crippen molar-refractivity contribution in [3.05, 3.63) is 58.6 Å². The Bertz CT molecular complexity index is 883. The van der Waals surface area contributed by atoms with E-state index in [2.05, 4.69) is 4.98 Å². The number of methoxy groups -OCH3 is 2. The normalized spacial score (nSPS) is 10.7. The highest BCUT2D eigenvalue weighted by Crippen LogP contribution is 2.21. The van der Waals surface area contributed by atoms with Crippen LogP contribution in [0.5, 0.6) is 11.5 Å². The Morgan fingerprint density at radius 1 is 1.00 bits per heavy atom. The molecule has 2 aromatic carbocycles. The van der Waals surface area contributed by atoms with Gasteiger partial charge in [-0.05, 0) is 42.8 Å². The molecule has 0 amide bonds. The van der Waals surface area contributed by atoms with E-state index in [9.17, 15) is 4.79 Å². The molecule has 0 saturated heterocycles. The van der Waals surface area contributed by atoms with Gasteiger partial charge in [0.15, 0.2) is 0 Å². The lowest BCUT2D eigenvalue weighted by Gasteiger charge is -2.10. The number of nitrogens with zero attached hydrogens (tertiary/aromatic N) is 2. The minimum atomic E-state index is -0.102. The molecule has 1 aromatic heterocycles. The van der Waals surface area contributed by atoms with E-state index >= 15 is 0 Å². The van der Waals surface area contributed by atoms with Gasteiger partial charge in [-0.3, -0.25) is 9.36 Å². The molecule has 1 heterocycles. The van der Waals surface area contributed by atoms with Crippen molar-refractivity contribution in [3.8, 4) is 17.2 Å². The largest absolute Gasteiger partial charge is 0.497 e. The van der Waals surface area contributed by atoms with Crippen molar-refractivity contribution in [1.82, 2.24) is 9.55 Å². The summed E-state index contributed by atoms with van der Waals surface area (Å²) < 4.78 is 11.9. The number of rotatable bonds is 3. The predicted octanol–water partition coefficient (Wildman–Crippen LogP) is 2.71. The van der Waals surface area contributed by atoms with Gasteiger partial charge in [-0.1, -0.05) is 0 Å². The quantitative estimate of drug-likeness (QED) is 0.745. The van der Waals surface area contributed by atoms with E-state index in [4.69, 9.17) is 9.47 Å². The average molecular weight is 296 g/mol. The first kappa shape index (κ1) is 14.1. The zero-order chi connectivity index (χ0) is 15.7. The lowest BCUT2D eigenvalue weighted by Crippen LogP contribution is -2.19. The number of benzene rings is 2. The molecule has 0 atom stereocenters. The van der Waals surface area contributed by atoms with Crippen LogP contribution in [0, 0.1) is 6.92 Å². The molecule has 5 nitrogen and oxygen atoms in total. The fourth-order valence-corrected chi connectivity index (χ4v) is 2.45. The lowest BCUT2D eigenvalue weighted by atomic mass is 10.1. The Kier molecular flexibility index (Phi) is 3.55. The summed E-state index contributed by atoms with van der Waals surface area (Å²) in [6.45, 7) is 1.88. The maximum atomic E-state index is 12.8. The molecule has 3 aromatic rings. The molecule has 0 saturated carbocycles. The summed E-state index contributed by atoms with van der Waals surface area (Å²) in [5.41, 5.74) is 2.12. The van der Waals surface area contributed by atoms with Crippen molar-refractivity contribution in [2.45, 2.75) is 6.92 Å². The van der Waals surface area contributed by atoms with E-state index in [0.29, 0.717) is 16.7 Å². The molecule has 112 valence electrons. The smallest absolute Gasteiger partial charge is 0.266 e. The second-order valence-corrected chi connectivity index (χ2v) is 4.96. The van der Waals surface area contributed by atoms with E-state index in [1.807, 2.05) is 37.3 Å². The number of hydrogen-bond acceptors (Lipinski definition) is 4. The van der Waals surface area contributed by atoms with E-state index in [0.717, 1.165) is 17.0 Å². The summed E-state index contributed by atoms with van der Waals surface area (Å²) in [7, 11) is 3.20. The topological polar surface area (TPSA) is 53.4 Å². The second kappa shape index (κ2) is 5.52. The molecule has 0 aliphatic heterocycles. The minimum Gasteiger partial charge on any atom is -0.497 e. The molecule has 0 aliphatic rings. The maximum absolute atomic E-state index is 12.8. The first-order valence-electron chi connectivity index (χ1n) is 6.84. The van der Waals surface area contributed by atoms with E-state index in [1.165, 1.54) is 10.9 Å². The van der Waals surface area contributed by atoms with Gasteiger partial charge in [-0.2, -0.15) is 0 Å². The van der Waals surface area contributed by atoms with Crippen molar-refractivity contribution in [2.75, 3.05) is 14.2 Å². The zero-order valence-electron chi connectivity index (χ0n) is 12.7. The molecule has 0 spiro atoms. The minimum absolute atomic E-state index is 0.102. The fourth-order valence-electron chi connectivity index (χ4n) is 2.45. The van der Waals surface area contributed by atoms with Gasteiger partial charge in [0.1, 0.15) is 17.8 Å². The summed E-state index contributed by atoms with van der Waals surface area (Å²) in [6.07, 6.45) is 1.53. The Hall–Kier alpha value is -2.82. The van der Waals surface area contributed by atoms with Crippen LogP contribution in [-0.2, 0) is 0 Å². The molecule has 0 radical (unpaired) electrons. The van der Waals surface area contributed by atoms with Crippen LogP contribution >= 0.6 is 0 Å². The predicted molar refractivity (Wildman–Crippen MR) is 85.2 cm³/mol. The molecular weight excluding hydrogens is 280 g/mol. The van der Waals surface area contributed by atoms with Crippen LogP contribution in [0.25, 0.3) is 16.6 Å². The number of aromatic nitrogens is 2. The molecule has 0 N–H and O–H groups in total. The van der Waals surface area contributed by atoms with Crippen molar-refractivity contribution in [3.63, 3.8) is 0 Å². The van der Waals surface area contributed by atoms with Crippen molar-refractivity contribution >= 4 is 10.9 Å². The number of aryl methyl sites for hydroxylation is 1. The molecule has 0 unspecified atom stereocenters. The van der Waals surface area contributed by atoms with Gasteiger partial charge < -0.3 is 9.47 Å². The van der Waals surface area contributed by atoms with Gasteiger partial charge in [0, 0.05) is 6.07 Å². The maximum Gasteiger partial charge on any atom is 0.266 e. The van der Waals surface area contributed by atoms with Crippen molar-refractivity contribution < 1.29 is 9.47 Å². The van der Waals surface area contributed by atoms with Crippen LogP contribution in [0.2, 0.25) is 0 Å². The van der Waals surface area contributed by atoms with Gasteiger partial charge in [0.05, 0.1) is 30.8 Å². The molecule has 0 bridgehead atoms. The van der Waals surface area contributed by atoms with Gasteiger partial charge in [-0.25, -0.2) is 4.98 Å². The third kappa shape index (κ3) is 2.30. The summed E-state index contributed by atoms with van der Waals surface area (Å²) in [6, 6.07) is 10.9. The van der Waals surface area contributed by atoms with Gasteiger partial charge in [0.2, 0.25) is 0 Å². The standard InChI is InChI=1S/C17H16N2O3/c1-11-8-14(22-3)9-15-16(11)17(20)19(10-18-15)12-4-6-13(21-2)7-5-12/h4-10H,1-3H3. The summed E-state index contributed by atoms with van der Waals surface area (Å²) in [5, 5.41) is 0.596. The molecule has 5 heteroatoms. The fraction of sp³-hybridized carbons (Fsp3) is 0.176. The Balaban J connectivity index is 2.21. The lowest BCUT2D eigenvalue weighted by molar-refractivity contribution is 0.414. The SMILES string of the molecule is COc1ccc(-n2cnc3cc(OC)cc(C)c3c2=O)cc1. The highest BCUT2D eigenvalue weighted by molar-refractivity contribution is 5.82. The van der Waals surface area contributed by atoms with E-state index in [-0.39, 0.29) is 5.56 Å². The highest BCUT2D eigenvalue weighted by Gasteiger charge is 2.10. The first-order valence-corrected chi connectivity index (χ1v) is 6.84. The summed E-state index contributed by atoms with van der Waals surface area (Å²) in [4.78, 5) is 17.1. The molecule has 0 aliphatic carbocycles. The van der Waals surface area contributed by atoms with Gasteiger partial charge >= 0.3 is 0 Å². The molecule has 0 fully saturated rings. The molecular formula is C17H16N2O3. The Morgan fingerprint density at radius 2 is 1.68 bits per heavy atom. The third-order valence-corrected chi connectivity index (χ3v) is 3.62. The monoisotopic (exact) mass is 296 g/mol. The number of ether oxygens (including phenoxy) is 2. The van der Waals surface area contributed by atoms with Crippen LogP contribution < -0.4 is 15.0 Å².